The number of ether oxygens (including phenoxy) is 2. The topological polar surface area (TPSA) is 59.8 Å². The van der Waals surface area contributed by atoms with E-state index in [0.717, 1.165) is 26.1 Å². The molecule has 3 N–H and O–H groups in total. The third-order valence-electron chi connectivity index (χ3n) is 4.47. The smallest absolute Gasteiger partial charge is 0.0872 e. The molecule has 0 aromatic rings. The Bertz CT molecular complexity index is 320. The molecule has 2 aliphatic heterocycles. The van der Waals surface area contributed by atoms with E-state index < -0.39 is 0 Å². The molecule has 0 spiro atoms. The van der Waals surface area contributed by atoms with Gasteiger partial charge in [0.05, 0.1) is 30.0 Å². The van der Waals surface area contributed by atoms with Crippen LogP contribution in [0.25, 0.3) is 0 Å². The number of rotatable bonds is 3. The van der Waals surface area contributed by atoms with Crippen LogP contribution in [0.4, 0.5) is 0 Å². The zero-order chi connectivity index (χ0) is 14.3. The first-order valence-electron chi connectivity index (χ1n) is 7.22. The first-order chi connectivity index (χ1) is 8.75. The predicted octanol–water partition coefficient (Wildman–Crippen LogP) is 0.743. The van der Waals surface area contributed by atoms with Gasteiger partial charge in [-0.25, -0.2) is 0 Å². The Morgan fingerprint density at radius 1 is 1.32 bits per heavy atom. The molecule has 2 saturated heterocycles. The molecule has 0 aromatic carbocycles. The minimum Gasteiger partial charge on any atom is -0.374 e. The summed E-state index contributed by atoms with van der Waals surface area (Å²) in [6, 6.07) is 0.125. The van der Waals surface area contributed by atoms with E-state index >= 15 is 0 Å². The van der Waals surface area contributed by atoms with Crippen molar-refractivity contribution in [3.63, 3.8) is 0 Å². The van der Waals surface area contributed by atoms with Crippen LogP contribution in [0.1, 0.15) is 34.1 Å². The second-order valence-corrected chi connectivity index (χ2v) is 7.14. The zero-order valence-corrected chi connectivity index (χ0v) is 12.9. The first kappa shape index (κ1) is 15.2. The van der Waals surface area contributed by atoms with Gasteiger partial charge < -0.3 is 14.4 Å². The Kier molecular flexibility index (Phi) is 4.23. The van der Waals surface area contributed by atoms with Crippen molar-refractivity contribution in [3.8, 4) is 0 Å². The van der Waals surface area contributed by atoms with Gasteiger partial charge in [0.1, 0.15) is 0 Å². The molecule has 0 aromatic heterocycles. The molecule has 2 fully saturated rings. The van der Waals surface area contributed by atoms with E-state index in [1.807, 2.05) is 0 Å². The summed E-state index contributed by atoms with van der Waals surface area (Å²) in [4.78, 5) is 2.30. The minimum atomic E-state index is -0.181. The second kappa shape index (κ2) is 5.30. The van der Waals surface area contributed by atoms with Crippen molar-refractivity contribution < 1.29 is 9.47 Å². The van der Waals surface area contributed by atoms with Crippen molar-refractivity contribution in [1.82, 2.24) is 10.3 Å². The first-order valence-corrected chi connectivity index (χ1v) is 7.22. The molecule has 3 unspecified atom stereocenters. The summed E-state index contributed by atoms with van der Waals surface area (Å²) in [5, 5.41) is 0. The fourth-order valence-electron chi connectivity index (χ4n) is 3.68. The van der Waals surface area contributed by atoms with Gasteiger partial charge in [0.15, 0.2) is 0 Å². The average molecular weight is 271 g/mol. The summed E-state index contributed by atoms with van der Waals surface area (Å²) in [5.74, 6) is 6.19. The van der Waals surface area contributed by atoms with Gasteiger partial charge >= 0.3 is 0 Å². The molecular weight excluding hydrogens is 242 g/mol. The van der Waals surface area contributed by atoms with Gasteiger partial charge in [0.25, 0.3) is 0 Å². The summed E-state index contributed by atoms with van der Waals surface area (Å²) in [5.41, 5.74) is 2.72. The molecular formula is C14H29N3O2. The van der Waals surface area contributed by atoms with Gasteiger partial charge in [-0.3, -0.25) is 11.3 Å². The molecule has 112 valence electrons. The van der Waals surface area contributed by atoms with Crippen LogP contribution in [0.2, 0.25) is 0 Å². The van der Waals surface area contributed by atoms with Crippen LogP contribution >= 0.6 is 0 Å². The largest absolute Gasteiger partial charge is 0.374 e. The average Bonchev–Trinajstić information content (AvgIpc) is 2.48. The van der Waals surface area contributed by atoms with E-state index in [1.54, 1.807) is 0 Å². The molecule has 0 aliphatic carbocycles. The van der Waals surface area contributed by atoms with Gasteiger partial charge in [0.2, 0.25) is 0 Å². The van der Waals surface area contributed by atoms with E-state index in [1.165, 1.54) is 0 Å². The summed E-state index contributed by atoms with van der Waals surface area (Å²) >= 11 is 0. The summed E-state index contributed by atoms with van der Waals surface area (Å²) in [7, 11) is 2.13. The lowest BCUT2D eigenvalue weighted by atomic mass is 9.79. The molecule has 2 aliphatic rings. The number of morpholine rings is 1. The van der Waals surface area contributed by atoms with Crippen LogP contribution < -0.4 is 11.3 Å². The van der Waals surface area contributed by atoms with E-state index in [-0.39, 0.29) is 23.3 Å². The SMILES string of the molecule is CN1CCOC(C(NN)C2CC(C)(C)OC2(C)C)C1. The van der Waals surface area contributed by atoms with Gasteiger partial charge in [-0.1, -0.05) is 0 Å². The maximum Gasteiger partial charge on any atom is 0.0872 e. The normalized spacial score (nSPS) is 36.3. The van der Waals surface area contributed by atoms with E-state index in [0.29, 0.717) is 5.92 Å². The number of nitrogens with one attached hydrogen (secondary N) is 1. The molecule has 2 rings (SSSR count). The number of nitrogens with zero attached hydrogens (tertiary/aromatic N) is 1. The van der Waals surface area contributed by atoms with Gasteiger partial charge in [0, 0.05) is 19.0 Å². The molecule has 0 radical (unpaired) electrons. The van der Waals surface area contributed by atoms with Crippen LogP contribution in [0.5, 0.6) is 0 Å². The zero-order valence-electron chi connectivity index (χ0n) is 12.9. The lowest BCUT2D eigenvalue weighted by molar-refractivity contribution is -0.0954. The molecule has 19 heavy (non-hydrogen) atoms. The van der Waals surface area contributed by atoms with Gasteiger partial charge in [-0.05, 0) is 41.2 Å². The summed E-state index contributed by atoms with van der Waals surface area (Å²) < 4.78 is 12.1. The quantitative estimate of drug-likeness (QED) is 0.586. The second-order valence-electron chi connectivity index (χ2n) is 7.14. The fraction of sp³-hybridized carbons (Fsp3) is 1.00. The van der Waals surface area contributed by atoms with Gasteiger partial charge in [-0.15, -0.1) is 0 Å². The Morgan fingerprint density at radius 2 is 2.00 bits per heavy atom. The molecule has 5 nitrogen and oxygen atoms in total. The van der Waals surface area contributed by atoms with Crippen LogP contribution in [0.3, 0.4) is 0 Å². The standard InChI is InChI=1S/C14H29N3O2/c1-13(2)8-10(14(3,4)19-13)12(16-15)11-9-17(5)6-7-18-11/h10-12,16H,6-9,15H2,1-5H3. The Hall–Kier alpha value is -0.200. The molecule has 0 bridgehead atoms. The maximum absolute atomic E-state index is 6.18. The predicted molar refractivity (Wildman–Crippen MR) is 75.7 cm³/mol. The monoisotopic (exact) mass is 271 g/mol. The van der Waals surface area contributed by atoms with Crippen molar-refractivity contribution in [1.29, 1.82) is 0 Å². The number of nitrogens with two attached hydrogens (primary N) is 1. The minimum absolute atomic E-state index is 0.0934. The summed E-state index contributed by atoms with van der Waals surface area (Å²) in [6.45, 7) is 11.3. The Morgan fingerprint density at radius 3 is 2.47 bits per heavy atom. The number of likely N-dealkylation sites (N-methyl/N-ethyl adjacent to an activating group) is 1. The highest BCUT2D eigenvalue weighted by atomic mass is 16.5. The Labute approximate surface area is 116 Å². The highest BCUT2D eigenvalue weighted by Crippen LogP contribution is 2.44. The number of hydrazine groups is 1. The van der Waals surface area contributed by atoms with Crippen molar-refractivity contribution in [3.05, 3.63) is 0 Å². The molecule has 0 amide bonds. The highest BCUT2D eigenvalue weighted by Gasteiger charge is 2.51. The third-order valence-corrected chi connectivity index (χ3v) is 4.47. The molecule has 3 atom stereocenters. The maximum atomic E-state index is 6.18. The lowest BCUT2D eigenvalue weighted by Crippen LogP contribution is -2.58. The van der Waals surface area contributed by atoms with Crippen molar-refractivity contribution in [2.24, 2.45) is 11.8 Å². The van der Waals surface area contributed by atoms with Crippen molar-refractivity contribution >= 4 is 0 Å². The van der Waals surface area contributed by atoms with Crippen LogP contribution in [-0.2, 0) is 9.47 Å². The molecule has 5 heteroatoms. The number of hydrogen-bond donors (Lipinski definition) is 2. The molecule has 0 saturated carbocycles. The third kappa shape index (κ3) is 3.28. The van der Waals surface area contributed by atoms with E-state index in [4.69, 9.17) is 15.3 Å². The Balaban J connectivity index is 2.13. The van der Waals surface area contributed by atoms with Crippen LogP contribution in [0, 0.1) is 5.92 Å². The number of hydrogen-bond acceptors (Lipinski definition) is 5. The van der Waals surface area contributed by atoms with Crippen molar-refractivity contribution in [2.45, 2.75) is 57.5 Å². The van der Waals surface area contributed by atoms with Crippen molar-refractivity contribution in [2.75, 3.05) is 26.7 Å². The van der Waals surface area contributed by atoms with E-state index in [9.17, 15) is 0 Å². The van der Waals surface area contributed by atoms with Crippen LogP contribution in [0.15, 0.2) is 0 Å². The lowest BCUT2D eigenvalue weighted by Gasteiger charge is -2.40. The van der Waals surface area contributed by atoms with Gasteiger partial charge in [-0.2, -0.15) is 0 Å². The fourth-order valence-corrected chi connectivity index (χ4v) is 3.68. The molecule has 2 heterocycles. The summed E-state index contributed by atoms with van der Waals surface area (Å²) in [6.07, 6.45) is 1.13. The van der Waals surface area contributed by atoms with Crippen LogP contribution in [-0.4, -0.2) is 55.0 Å². The van der Waals surface area contributed by atoms with E-state index in [2.05, 4.69) is 45.1 Å². The highest BCUT2D eigenvalue weighted by molar-refractivity contribution is 5.02.